The molecule has 1 fully saturated rings. The van der Waals surface area contributed by atoms with Crippen LogP contribution in [0.15, 0.2) is 0 Å². The van der Waals surface area contributed by atoms with Gasteiger partial charge in [-0.3, -0.25) is 9.59 Å². The maximum atomic E-state index is 12.1. The summed E-state index contributed by atoms with van der Waals surface area (Å²) in [5, 5.41) is 3.02. The van der Waals surface area contributed by atoms with Gasteiger partial charge in [0, 0.05) is 26.1 Å². The molecule has 0 aliphatic carbocycles. The lowest BCUT2D eigenvalue weighted by Crippen LogP contribution is -2.41. The van der Waals surface area contributed by atoms with Crippen LogP contribution in [0.3, 0.4) is 0 Å². The van der Waals surface area contributed by atoms with Gasteiger partial charge in [-0.15, -0.1) is 0 Å². The minimum Gasteiger partial charge on any atom is -0.383 e. The quantitative estimate of drug-likeness (QED) is 0.755. The predicted molar refractivity (Wildman–Crippen MR) is 73.7 cm³/mol. The molecule has 0 spiro atoms. The number of hydrogen-bond donors (Lipinski definition) is 1. The van der Waals surface area contributed by atoms with E-state index in [1.165, 1.54) is 0 Å². The van der Waals surface area contributed by atoms with Gasteiger partial charge in [-0.2, -0.15) is 0 Å². The number of rotatable bonds is 7. The number of amides is 2. The average molecular weight is 270 g/mol. The van der Waals surface area contributed by atoms with Crippen LogP contribution in [0.25, 0.3) is 0 Å². The molecule has 2 atom stereocenters. The molecule has 5 nitrogen and oxygen atoms in total. The third-order valence-electron chi connectivity index (χ3n) is 3.80. The van der Waals surface area contributed by atoms with E-state index in [0.717, 1.165) is 12.8 Å². The van der Waals surface area contributed by atoms with Gasteiger partial charge >= 0.3 is 0 Å². The SMILES string of the molecule is CCC(CC)NC(=O)[C@H]1CC(=O)N([C@@H](C)COC)C1. The van der Waals surface area contributed by atoms with Crippen molar-refractivity contribution < 1.29 is 14.3 Å². The first-order valence-corrected chi connectivity index (χ1v) is 7.12. The summed E-state index contributed by atoms with van der Waals surface area (Å²) in [6.07, 6.45) is 2.17. The van der Waals surface area contributed by atoms with Crippen LogP contribution in [0, 0.1) is 5.92 Å². The Hall–Kier alpha value is -1.10. The smallest absolute Gasteiger partial charge is 0.225 e. The summed E-state index contributed by atoms with van der Waals surface area (Å²) in [6, 6.07) is 0.247. The highest BCUT2D eigenvalue weighted by Gasteiger charge is 2.36. The summed E-state index contributed by atoms with van der Waals surface area (Å²) < 4.78 is 5.06. The standard InChI is InChI=1S/C14H26N2O3/c1-5-12(6-2)15-14(18)11-7-13(17)16(8-11)10(3)9-19-4/h10-12H,5-9H2,1-4H3,(H,15,18)/t10-,11-/m0/s1. The van der Waals surface area contributed by atoms with Crippen LogP contribution in [0.4, 0.5) is 0 Å². The number of nitrogens with one attached hydrogen (secondary N) is 1. The first-order chi connectivity index (χ1) is 9.03. The van der Waals surface area contributed by atoms with Gasteiger partial charge in [-0.05, 0) is 19.8 Å². The molecule has 1 aliphatic rings. The Bertz CT molecular complexity index is 316. The van der Waals surface area contributed by atoms with Gasteiger partial charge in [0.05, 0.1) is 18.6 Å². The Morgan fingerprint density at radius 1 is 1.47 bits per heavy atom. The zero-order valence-corrected chi connectivity index (χ0v) is 12.4. The molecule has 1 aliphatic heterocycles. The summed E-state index contributed by atoms with van der Waals surface area (Å²) in [4.78, 5) is 25.8. The second-order valence-electron chi connectivity index (χ2n) is 5.27. The fraction of sp³-hybridized carbons (Fsp3) is 0.857. The van der Waals surface area contributed by atoms with Crippen LogP contribution < -0.4 is 5.32 Å². The lowest BCUT2D eigenvalue weighted by Gasteiger charge is -2.24. The first-order valence-electron chi connectivity index (χ1n) is 7.12. The lowest BCUT2D eigenvalue weighted by atomic mass is 10.1. The molecule has 0 radical (unpaired) electrons. The van der Waals surface area contributed by atoms with Crippen molar-refractivity contribution in [1.29, 1.82) is 0 Å². The summed E-state index contributed by atoms with van der Waals surface area (Å²) in [6.45, 7) is 7.08. The highest BCUT2D eigenvalue weighted by Crippen LogP contribution is 2.21. The summed E-state index contributed by atoms with van der Waals surface area (Å²) in [5.41, 5.74) is 0. The van der Waals surface area contributed by atoms with E-state index in [-0.39, 0.29) is 29.8 Å². The van der Waals surface area contributed by atoms with Crippen molar-refractivity contribution in [2.24, 2.45) is 5.92 Å². The van der Waals surface area contributed by atoms with E-state index in [1.807, 2.05) is 6.92 Å². The fourth-order valence-corrected chi connectivity index (χ4v) is 2.48. The zero-order valence-electron chi connectivity index (χ0n) is 12.4. The Balaban J connectivity index is 2.53. The van der Waals surface area contributed by atoms with Gasteiger partial charge in [0.1, 0.15) is 0 Å². The lowest BCUT2D eigenvalue weighted by molar-refractivity contribution is -0.130. The maximum absolute atomic E-state index is 12.1. The van der Waals surface area contributed by atoms with Crippen LogP contribution in [-0.4, -0.2) is 49.1 Å². The molecule has 5 heteroatoms. The largest absolute Gasteiger partial charge is 0.383 e. The van der Waals surface area contributed by atoms with Crippen molar-refractivity contribution in [3.05, 3.63) is 0 Å². The van der Waals surface area contributed by atoms with E-state index in [4.69, 9.17) is 4.74 Å². The van der Waals surface area contributed by atoms with Crippen LogP contribution in [-0.2, 0) is 14.3 Å². The van der Waals surface area contributed by atoms with Crippen molar-refractivity contribution in [1.82, 2.24) is 10.2 Å². The number of carbonyl (C=O) groups excluding carboxylic acids is 2. The topological polar surface area (TPSA) is 58.6 Å². The molecule has 0 aromatic heterocycles. The maximum Gasteiger partial charge on any atom is 0.225 e. The predicted octanol–water partition coefficient (Wildman–Crippen LogP) is 1.17. The molecule has 0 saturated carbocycles. The molecule has 1 saturated heterocycles. The van der Waals surface area contributed by atoms with Crippen LogP contribution in [0.2, 0.25) is 0 Å². The van der Waals surface area contributed by atoms with E-state index < -0.39 is 0 Å². The second kappa shape index (κ2) is 7.48. The molecule has 19 heavy (non-hydrogen) atoms. The molecular weight excluding hydrogens is 244 g/mol. The van der Waals surface area contributed by atoms with Crippen molar-refractivity contribution in [3.8, 4) is 0 Å². The fourth-order valence-electron chi connectivity index (χ4n) is 2.48. The average Bonchev–Trinajstić information content (AvgIpc) is 2.78. The molecule has 2 amide bonds. The normalized spacial score (nSPS) is 21.0. The number of ether oxygens (including phenoxy) is 1. The van der Waals surface area contributed by atoms with Crippen molar-refractivity contribution in [3.63, 3.8) is 0 Å². The number of likely N-dealkylation sites (tertiary alicyclic amines) is 1. The highest BCUT2D eigenvalue weighted by molar-refractivity contribution is 5.89. The monoisotopic (exact) mass is 270 g/mol. The molecule has 1 heterocycles. The van der Waals surface area contributed by atoms with E-state index in [2.05, 4.69) is 19.2 Å². The Morgan fingerprint density at radius 3 is 2.63 bits per heavy atom. The second-order valence-corrected chi connectivity index (χ2v) is 5.27. The molecule has 0 bridgehead atoms. The Morgan fingerprint density at radius 2 is 2.11 bits per heavy atom. The third kappa shape index (κ3) is 4.20. The molecular formula is C14H26N2O3. The molecule has 0 unspecified atom stereocenters. The molecule has 0 aromatic carbocycles. The number of methoxy groups -OCH3 is 1. The Kier molecular flexibility index (Phi) is 6.28. The summed E-state index contributed by atoms with van der Waals surface area (Å²) in [7, 11) is 1.62. The zero-order chi connectivity index (χ0) is 14.4. The minimum absolute atomic E-state index is 0.00849. The number of hydrogen-bond acceptors (Lipinski definition) is 3. The molecule has 1 N–H and O–H groups in total. The number of nitrogens with zero attached hydrogens (tertiary/aromatic N) is 1. The van der Waals surface area contributed by atoms with Gasteiger partial charge in [0.25, 0.3) is 0 Å². The van der Waals surface area contributed by atoms with Crippen LogP contribution >= 0.6 is 0 Å². The number of carbonyl (C=O) groups is 2. The summed E-state index contributed by atoms with van der Waals surface area (Å²) >= 11 is 0. The van der Waals surface area contributed by atoms with E-state index >= 15 is 0 Å². The third-order valence-corrected chi connectivity index (χ3v) is 3.80. The Labute approximate surface area is 115 Å². The first kappa shape index (κ1) is 16.0. The van der Waals surface area contributed by atoms with Gasteiger partial charge in [-0.25, -0.2) is 0 Å². The summed E-state index contributed by atoms with van der Waals surface area (Å²) in [5.74, 6) is -0.157. The molecule has 110 valence electrons. The minimum atomic E-state index is -0.215. The van der Waals surface area contributed by atoms with E-state index in [0.29, 0.717) is 19.6 Å². The van der Waals surface area contributed by atoms with Gasteiger partial charge in [-0.1, -0.05) is 13.8 Å². The van der Waals surface area contributed by atoms with Gasteiger partial charge < -0.3 is 15.0 Å². The van der Waals surface area contributed by atoms with Crippen molar-refractivity contribution in [2.75, 3.05) is 20.3 Å². The molecule has 1 rings (SSSR count). The highest BCUT2D eigenvalue weighted by atomic mass is 16.5. The van der Waals surface area contributed by atoms with Gasteiger partial charge in [0.15, 0.2) is 0 Å². The van der Waals surface area contributed by atoms with Crippen molar-refractivity contribution >= 4 is 11.8 Å². The van der Waals surface area contributed by atoms with Crippen LogP contribution in [0.1, 0.15) is 40.0 Å². The van der Waals surface area contributed by atoms with E-state index in [9.17, 15) is 9.59 Å². The van der Waals surface area contributed by atoms with Crippen LogP contribution in [0.5, 0.6) is 0 Å². The van der Waals surface area contributed by atoms with E-state index in [1.54, 1.807) is 12.0 Å². The van der Waals surface area contributed by atoms with Gasteiger partial charge in [0.2, 0.25) is 11.8 Å². The molecule has 0 aromatic rings. The van der Waals surface area contributed by atoms with Crippen molar-refractivity contribution in [2.45, 2.75) is 52.1 Å².